The van der Waals surface area contributed by atoms with Gasteiger partial charge < -0.3 is 4.84 Å². The third kappa shape index (κ3) is 3.43. The molecule has 0 saturated heterocycles. The zero-order chi connectivity index (χ0) is 15.4. The van der Waals surface area contributed by atoms with Gasteiger partial charge >= 0.3 is 5.97 Å². The largest absolute Gasteiger partial charge is 0.367 e. The summed E-state index contributed by atoms with van der Waals surface area (Å²) < 4.78 is 0. The van der Waals surface area contributed by atoms with Gasteiger partial charge in [-0.05, 0) is 42.2 Å². The van der Waals surface area contributed by atoms with Gasteiger partial charge in [0.25, 0.3) is 0 Å². The van der Waals surface area contributed by atoms with Crippen LogP contribution in [0.2, 0.25) is 5.02 Å². The molecule has 0 spiro atoms. The molecule has 2 aromatic rings. The van der Waals surface area contributed by atoms with Gasteiger partial charge in [0.1, 0.15) is 0 Å². The van der Waals surface area contributed by atoms with Gasteiger partial charge in [-0.15, -0.1) is 0 Å². The van der Waals surface area contributed by atoms with Crippen LogP contribution in [-0.2, 0) is 16.1 Å². The van der Waals surface area contributed by atoms with Crippen molar-refractivity contribution in [2.45, 2.75) is 12.8 Å². The van der Waals surface area contributed by atoms with Crippen LogP contribution in [0.5, 0.6) is 0 Å². The number of hydrogen-bond donors (Lipinski definition) is 0. The molecule has 3 rings (SSSR count). The van der Waals surface area contributed by atoms with Crippen LogP contribution >= 0.6 is 11.6 Å². The van der Waals surface area contributed by atoms with E-state index in [-0.39, 0.29) is 0 Å². The third-order valence-corrected chi connectivity index (χ3v) is 3.70. The van der Waals surface area contributed by atoms with E-state index in [1.807, 2.05) is 30.3 Å². The lowest BCUT2D eigenvalue weighted by Gasteiger charge is -2.02. The van der Waals surface area contributed by atoms with E-state index in [0.717, 1.165) is 12.0 Å². The number of hydrogen-bond acceptors (Lipinski definition) is 3. The molecule has 0 radical (unpaired) electrons. The number of halogens is 1. The Morgan fingerprint density at radius 3 is 2.45 bits per heavy atom. The number of rotatable bonds is 4. The third-order valence-electron chi connectivity index (χ3n) is 3.44. The number of carbonyl (C=O) groups excluding carboxylic acids is 1. The van der Waals surface area contributed by atoms with Gasteiger partial charge in [-0.25, -0.2) is 4.79 Å². The molecular weight excluding hydrogens is 298 g/mol. The monoisotopic (exact) mass is 311 g/mol. The number of oxime groups is 1. The highest BCUT2D eigenvalue weighted by Crippen LogP contribution is 2.20. The second kappa shape index (κ2) is 6.58. The molecule has 3 nitrogen and oxygen atoms in total. The molecule has 0 aromatic heterocycles. The van der Waals surface area contributed by atoms with E-state index in [4.69, 9.17) is 16.4 Å². The summed E-state index contributed by atoms with van der Waals surface area (Å²) in [6, 6.07) is 17.4. The van der Waals surface area contributed by atoms with Gasteiger partial charge in [0, 0.05) is 5.02 Å². The Morgan fingerprint density at radius 2 is 1.73 bits per heavy atom. The average Bonchev–Trinajstić information content (AvgIpc) is 2.89. The molecular formula is C18H14ClNO2. The van der Waals surface area contributed by atoms with Gasteiger partial charge in [0.15, 0.2) is 0 Å². The maximum atomic E-state index is 11.8. The number of carbonyl (C=O) groups is 1. The zero-order valence-electron chi connectivity index (χ0n) is 11.8. The summed E-state index contributed by atoms with van der Waals surface area (Å²) in [6.07, 6.45) is 3.26. The molecule has 0 unspecified atom stereocenters. The van der Waals surface area contributed by atoms with Gasteiger partial charge in [-0.1, -0.05) is 59.2 Å². The molecule has 0 fully saturated rings. The topological polar surface area (TPSA) is 38.7 Å². The fraction of sp³-hybridized carbons (Fsp3) is 0.111. The highest BCUT2D eigenvalue weighted by atomic mass is 35.5. The summed E-state index contributed by atoms with van der Waals surface area (Å²) in [5, 5.41) is 4.56. The van der Waals surface area contributed by atoms with Crippen molar-refractivity contribution in [1.29, 1.82) is 0 Å². The molecule has 1 heterocycles. The minimum Gasteiger partial charge on any atom is -0.312 e. The van der Waals surface area contributed by atoms with Crippen LogP contribution in [0, 0.1) is 0 Å². The molecule has 2 aromatic carbocycles. The Morgan fingerprint density at radius 1 is 1.00 bits per heavy atom. The molecule has 0 aliphatic carbocycles. The predicted molar refractivity (Wildman–Crippen MR) is 87.7 cm³/mol. The van der Waals surface area contributed by atoms with Crippen molar-refractivity contribution in [3.8, 4) is 0 Å². The van der Waals surface area contributed by atoms with Crippen LogP contribution in [0.3, 0.4) is 0 Å². The van der Waals surface area contributed by atoms with E-state index in [2.05, 4.69) is 17.3 Å². The quantitative estimate of drug-likeness (QED) is 0.625. The SMILES string of the molecule is O=C1ON=C(CCc2ccccc2)/C1=C/c1ccc(Cl)cc1. The molecule has 110 valence electrons. The lowest BCUT2D eigenvalue weighted by molar-refractivity contribution is -0.136. The molecule has 0 atom stereocenters. The lowest BCUT2D eigenvalue weighted by atomic mass is 10.0. The normalized spacial score (nSPS) is 15.8. The van der Waals surface area contributed by atoms with Gasteiger partial charge in [-0.2, -0.15) is 0 Å². The first-order valence-electron chi connectivity index (χ1n) is 7.02. The first kappa shape index (κ1) is 14.5. The highest BCUT2D eigenvalue weighted by molar-refractivity contribution is 6.30. The van der Waals surface area contributed by atoms with Crippen molar-refractivity contribution in [3.63, 3.8) is 0 Å². The molecule has 22 heavy (non-hydrogen) atoms. The number of nitrogens with zero attached hydrogens (tertiary/aromatic N) is 1. The second-order valence-electron chi connectivity index (χ2n) is 5.01. The molecule has 0 amide bonds. The van der Waals surface area contributed by atoms with Gasteiger partial charge in [0.2, 0.25) is 0 Å². The summed E-state index contributed by atoms with van der Waals surface area (Å²) in [5.41, 5.74) is 3.29. The Labute approximate surface area is 133 Å². The summed E-state index contributed by atoms with van der Waals surface area (Å²) in [7, 11) is 0. The van der Waals surface area contributed by atoms with Crippen molar-refractivity contribution in [3.05, 3.63) is 76.3 Å². The van der Waals surface area contributed by atoms with E-state index in [9.17, 15) is 4.79 Å². The molecule has 0 N–H and O–H groups in total. The Balaban J connectivity index is 1.76. The minimum absolute atomic E-state index is 0.405. The first-order valence-corrected chi connectivity index (χ1v) is 7.40. The zero-order valence-corrected chi connectivity index (χ0v) is 12.6. The Bertz CT molecular complexity index is 733. The first-order chi connectivity index (χ1) is 10.7. The molecule has 4 heteroatoms. The molecule has 0 saturated carbocycles. The van der Waals surface area contributed by atoms with E-state index in [1.165, 1.54) is 5.56 Å². The number of aryl methyl sites for hydroxylation is 1. The standard InChI is InChI=1S/C18H14ClNO2/c19-15-9-6-14(7-10-15)12-16-17(20-22-18(16)21)11-8-13-4-2-1-3-5-13/h1-7,9-10,12H,8,11H2/b16-12-. The minimum atomic E-state index is -0.405. The van der Waals surface area contributed by atoms with Crippen LogP contribution in [0.25, 0.3) is 6.08 Å². The van der Waals surface area contributed by atoms with Crippen LogP contribution in [-0.4, -0.2) is 11.7 Å². The summed E-state index contributed by atoms with van der Waals surface area (Å²) in [5.74, 6) is -0.405. The smallest absolute Gasteiger partial charge is 0.312 e. The summed E-state index contributed by atoms with van der Waals surface area (Å²) in [6.45, 7) is 0. The van der Waals surface area contributed by atoms with Gasteiger partial charge in [-0.3, -0.25) is 0 Å². The summed E-state index contributed by atoms with van der Waals surface area (Å²) in [4.78, 5) is 16.7. The Hall–Kier alpha value is -2.39. The highest BCUT2D eigenvalue weighted by Gasteiger charge is 2.24. The van der Waals surface area contributed by atoms with Gasteiger partial charge in [0.05, 0.1) is 11.3 Å². The second-order valence-corrected chi connectivity index (χ2v) is 5.45. The maximum Gasteiger partial charge on any atom is 0.367 e. The lowest BCUT2D eigenvalue weighted by Crippen LogP contribution is -2.06. The van der Waals surface area contributed by atoms with Crippen molar-refractivity contribution in [2.75, 3.05) is 0 Å². The van der Waals surface area contributed by atoms with Crippen LogP contribution in [0.4, 0.5) is 0 Å². The average molecular weight is 312 g/mol. The van der Waals surface area contributed by atoms with E-state index >= 15 is 0 Å². The van der Waals surface area contributed by atoms with Crippen LogP contribution < -0.4 is 0 Å². The van der Waals surface area contributed by atoms with E-state index in [1.54, 1.807) is 18.2 Å². The molecule has 1 aliphatic heterocycles. The Kier molecular flexibility index (Phi) is 4.35. The molecule has 1 aliphatic rings. The maximum absolute atomic E-state index is 11.8. The van der Waals surface area contributed by atoms with E-state index < -0.39 is 5.97 Å². The molecule has 0 bridgehead atoms. The predicted octanol–water partition coefficient (Wildman–Crippen LogP) is 4.27. The van der Waals surface area contributed by atoms with E-state index in [0.29, 0.717) is 22.7 Å². The van der Waals surface area contributed by atoms with Crippen molar-refractivity contribution < 1.29 is 9.63 Å². The van der Waals surface area contributed by atoms with Crippen molar-refractivity contribution >= 4 is 29.4 Å². The fourth-order valence-electron chi connectivity index (χ4n) is 2.27. The fourth-order valence-corrected chi connectivity index (χ4v) is 2.39. The number of benzene rings is 2. The van der Waals surface area contributed by atoms with Crippen molar-refractivity contribution in [2.24, 2.45) is 5.16 Å². The van der Waals surface area contributed by atoms with Crippen molar-refractivity contribution in [1.82, 2.24) is 0 Å². The van der Waals surface area contributed by atoms with Crippen LogP contribution in [0.1, 0.15) is 17.5 Å². The van der Waals surface area contributed by atoms with Crippen LogP contribution in [0.15, 0.2) is 65.3 Å². The summed E-state index contributed by atoms with van der Waals surface area (Å²) >= 11 is 5.87.